The summed E-state index contributed by atoms with van der Waals surface area (Å²) >= 11 is 0. The van der Waals surface area contributed by atoms with Crippen molar-refractivity contribution in [3.05, 3.63) is 95.6 Å². The summed E-state index contributed by atoms with van der Waals surface area (Å²) in [5, 5.41) is 0. The van der Waals surface area contributed by atoms with Crippen LogP contribution in [0.25, 0.3) is 0 Å². The molecule has 0 aliphatic carbocycles. The number of nitrogens with one attached hydrogen (secondary N) is 2. The number of rotatable bonds is 8. The molecule has 0 saturated heterocycles. The predicted molar refractivity (Wildman–Crippen MR) is 114 cm³/mol. The second kappa shape index (κ2) is 10.7. The Morgan fingerprint density at radius 2 is 1.37 bits per heavy atom. The molecule has 0 unspecified atom stereocenters. The third-order valence-electron chi connectivity index (χ3n) is 4.38. The Morgan fingerprint density at radius 3 is 2.03 bits per heavy atom. The minimum Gasteiger partial charge on any atom is -0.489 e. The van der Waals surface area contributed by atoms with E-state index < -0.39 is 11.8 Å². The van der Waals surface area contributed by atoms with Gasteiger partial charge < -0.3 is 9.47 Å². The number of benzene rings is 3. The van der Waals surface area contributed by atoms with E-state index in [1.807, 2.05) is 54.6 Å². The Labute approximate surface area is 175 Å². The summed E-state index contributed by atoms with van der Waals surface area (Å²) in [6, 6.07) is 24.0. The fourth-order valence-electron chi connectivity index (χ4n) is 2.65. The minimum absolute atomic E-state index is 0.196. The van der Waals surface area contributed by atoms with Crippen molar-refractivity contribution in [2.24, 2.45) is 0 Å². The van der Waals surface area contributed by atoms with Crippen molar-refractivity contribution in [3.8, 4) is 11.5 Å². The highest BCUT2D eigenvalue weighted by atomic mass is 16.5. The second-order valence-corrected chi connectivity index (χ2v) is 6.59. The molecule has 6 heteroatoms. The van der Waals surface area contributed by atoms with Gasteiger partial charge in [-0.25, -0.2) is 0 Å². The number of ether oxygens (including phenoxy) is 2. The molecule has 0 fully saturated rings. The summed E-state index contributed by atoms with van der Waals surface area (Å²) in [6.07, 6.45) is 0.937. The average Bonchev–Trinajstić information content (AvgIpc) is 2.81. The van der Waals surface area contributed by atoms with Crippen LogP contribution in [-0.2, 0) is 17.8 Å². The number of carbonyl (C=O) groups excluding carboxylic acids is 2. The van der Waals surface area contributed by atoms with Crippen molar-refractivity contribution in [2.75, 3.05) is 6.61 Å². The number of hydrogen-bond donors (Lipinski definition) is 2. The van der Waals surface area contributed by atoms with Gasteiger partial charge in [-0.05, 0) is 53.9 Å². The first-order valence-corrected chi connectivity index (χ1v) is 9.72. The van der Waals surface area contributed by atoms with Crippen molar-refractivity contribution >= 4 is 11.8 Å². The van der Waals surface area contributed by atoms with Gasteiger partial charge in [-0.15, -0.1) is 0 Å². The molecule has 0 bridgehead atoms. The van der Waals surface area contributed by atoms with Crippen molar-refractivity contribution in [1.29, 1.82) is 0 Å². The van der Waals surface area contributed by atoms with Gasteiger partial charge in [0.25, 0.3) is 11.8 Å². The van der Waals surface area contributed by atoms with Gasteiger partial charge in [-0.2, -0.15) is 0 Å². The molecule has 3 aromatic carbocycles. The Morgan fingerprint density at radius 1 is 0.733 bits per heavy atom. The third kappa shape index (κ3) is 6.38. The van der Waals surface area contributed by atoms with Crippen molar-refractivity contribution in [1.82, 2.24) is 10.9 Å². The van der Waals surface area contributed by atoms with Crippen LogP contribution < -0.4 is 20.3 Å². The van der Waals surface area contributed by atoms with E-state index in [2.05, 4.69) is 17.8 Å². The lowest BCUT2D eigenvalue weighted by Crippen LogP contribution is -2.43. The summed E-state index contributed by atoms with van der Waals surface area (Å²) < 4.78 is 11.1. The SMILES string of the molecule is CCc1ccc(OCC(=O)NNC(=O)c2ccc(OCc3ccccc3)cc2)cc1. The monoisotopic (exact) mass is 404 g/mol. The molecule has 0 aliphatic rings. The molecular formula is C24H24N2O4. The number of carbonyl (C=O) groups is 2. The molecule has 154 valence electrons. The number of hydrazine groups is 1. The minimum atomic E-state index is -0.453. The van der Waals surface area contributed by atoms with Crippen molar-refractivity contribution in [2.45, 2.75) is 20.0 Å². The Hall–Kier alpha value is -3.80. The molecule has 0 atom stereocenters. The number of amides is 2. The number of hydrogen-bond acceptors (Lipinski definition) is 4. The molecule has 0 radical (unpaired) electrons. The predicted octanol–water partition coefficient (Wildman–Crippen LogP) is 3.67. The largest absolute Gasteiger partial charge is 0.489 e. The van der Waals surface area contributed by atoms with Gasteiger partial charge in [-0.1, -0.05) is 49.4 Å². The lowest BCUT2D eigenvalue weighted by molar-refractivity contribution is -0.123. The Balaban J connectivity index is 1.40. The smallest absolute Gasteiger partial charge is 0.276 e. The van der Waals surface area contributed by atoms with Crippen LogP contribution in [0.1, 0.15) is 28.4 Å². The van der Waals surface area contributed by atoms with Crippen LogP contribution in [-0.4, -0.2) is 18.4 Å². The molecule has 0 saturated carbocycles. The Kier molecular flexibility index (Phi) is 7.44. The van der Waals surface area contributed by atoms with E-state index in [0.29, 0.717) is 23.7 Å². The van der Waals surface area contributed by atoms with E-state index in [1.54, 1.807) is 24.3 Å². The van der Waals surface area contributed by atoms with E-state index in [1.165, 1.54) is 5.56 Å². The van der Waals surface area contributed by atoms with E-state index in [4.69, 9.17) is 9.47 Å². The fourth-order valence-corrected chi connectivity index (χ4v) is 2.65. The van der Waals surface area contributed by atoms with Gasteiger partial charge in [0.2, 0.25) is 0 Å². The van der Waals surface area contributed by atoms with E-state index >= 15 is 0 Å². The first-order valence-electron chi connectivity index (χ1n) is 9.72. The van der Waals surface area contributed by atoms with Crippen molar-refractivity contribution in [3.63, 3.8) is 0 Å². The molecule has 2 amide bonds. The molecule has 6 nitrogen and oxygen atoms in total. The lowest BCUT2D eigenvalue weighted by Gasteiger charge is -2.10. The zero-order valence-electron chi connectivity index (χ0n) is 16.8. The zero-order valence-corrected chi connectivity index (χ0v) is 16.8. The average molecular weight is 404 g/mol. The van der Waals surface area contributed by atoms with Crippen LogP contribution in [0, 0.1) is 0 Å². The lowest BCUT2D eigenvalue weighted by atomic mass is 10.2. The molecule has 30 heavy (non-hydrogen) atoms. The number of aryl methyl sites for hydroxylation is 1. The molecule has 3 aromatic rings. The highest BCUT2D eigenvalue weighted by molar-refractivity contribution is 5.95. The third-order valence-corrected chi connectivity index (χ3v) is 4.38. The molecule has 0 heterocycles. The van der Waals surface area contributed by atoms with E-state index in [0.717, 1.165) is 12.0 Å². The summed E-state index contributed by atoms with van der Waals surface area (Å²) in [5.41, 5.74) is 7.36. The zero-order chi connectivity index (χ0) is 21.2. The van der Waals surface area contributed by atoms with Gasteiger partial charge in [-0.3, -0.25) is 20.4 Å². The quantitative estimate of drug-likeness (QED) is 0.562. The molecule has 0 spiro atoms. The van der Waals surface area contributed by atoms with E-state index in [-0.39, 0.29) is 6.61 Å². The molecule has 2 N–H and O–H groups in total. The van der Waals surface area contributed by atoms with Crippen LogP contribution in [0.15, 0.2) is 78.9 Å². The maximum Gasteiger partial charge on any atom is 0.276 e. The van der Waals surface area contributed by atoms with Crippen LogP contribution in [0.3, 0.4) is 0 Å². The topological polar surface area (TPSA) is 76.7 Å². The second-order valence-electron chi connectivity index (χ2n) is 6.59. The fraction of sp³-hybridized carbons (Fsp3) is 0.167. The summed E-state index contributed by atoms with van der Waals surface area (Å²) in [5.74, 6) is 0.373. The summed E-state index contributed by atoms with van der Waals surface area (Å²) in [6.45, 7) is 2.32. The van der Waals surface area contributed by atoms with Crippen LogP contribution in [0.2, 0.25) is 0 Å². The van der Waals surface area contributed by atoms with Gasteiger partial charge in [0.15, 0.2) is 6.61 Å². The standard InChI is InChI=1S/C24H24N2O4/c1-2-18-8-12-21(13-9-18)30-17-23(27)25-26-24(28)20-10-14-22(15-11-20)29-16-19-6-4-3-5-7-19/h3-15H,2,16-17H2,1H3,(H,25,27)(H,26,28). The van der Waals surface area contributed by atoms with Gasteiger partial charge in [0.05, 0.1) is 0 Å². The highest BCUT2D eigenvalue weighted by Gasteiger charge is 2.08. The molecule has 0 aromatic heterocycles. The molecule has 3 rings (SSSR count). The van der Waals surface area contributed by atoms with Gasteiger partial charge in [0, 0.05) is 5.56 Å². The first kappa shape index (κ1) is 20.9. The van der Waals surface area contributed by atoms with Crippen LogP contribution in [0.4, 0.5) is 0 Å². The molecular weight excluding hydrogens is 380 g/mol. The summed E-state index contributed by atoms with van der Waals surface area (Å²) in [4.78, 5) is 24.1. The highest BCUT2D eigenvalue weighted by Crippen LogP contribution is 2.14. The summed E-state index contributed by atoms with van der Waals surface area (Å²) in [7, 11) is 0. The molecule has 0 aliphatic heterocycles. The maximum absolute atomic E-state index is 12.2. The normalized spacial score (nSPS) is 10.2. The maximum atomic E-state index is 12.2. The van der Waals surface area contributed by atoms with Gasteiger partial charge >= 0.3 is 0 Å². The Bertz CT molecular complexity index is 955. The first-order chi connectivity index (χ1) is 14.6. The van der Waals surface area contributed by atoms with Gasteiger partial charge in [0.1, 0.15) is 18.1 Å². The van der Waals surface area contributed by atoms with Crippen LogP contribution >= 0.6 is 0 Å². The van der Waals surface area contributed by atoms with Crippen LogP contribution in [0.5, 0.6) is 11.5 Å². The van der Waals surface area contributed by atoms with Crippen molar-refractivity contribution < 1.29 is 19.1 Å². The van der Waals surface area contributed by atoms with E-state index in [9.17, 15) is 9.59 Å².